The summed E-state index contributed by atoms with van der Waals surface area (Å²) in [5.41, 5.74) is 5.87. The van der Waals surface area contributed by atoms with Gasteiger partial charge in [-0.15, -0.1) is 0 Å². The summed E-state index contributed by atoms with van der Waals surface area (Å²) in [6, 6.07) is 1.27. The predicted molar refractivity (Wildman–Crippen MR) is 64.2 cm³/mol. The fourth-order valence-electron chi connectivity index (χ4n) is 2.48. The maximum atomic E-state index is 11.9. The van der Waals surface area contributed by atoms with Gasteiger partial charge >= 0.3 is 6.03 Å². The van der Waals surface area contributed by atoms with Crippen molar-refractivity contribution in [1.29, 1.82) is 0 Å². The van der Waals surface area contributed by atoms with E-state index >= 15 is 0 Å². The third-order valence-corrected chi connectivity index (χ3v) is 4.04. The van der Waals surface area contributed by atoms with Crippen molar-refractivity contribution in [2.75, 3.05) is 7.05 Å². The normalized spacial score (nSPS) is 30.6. The van der Waals surface area contributed by atoms with Gasteiger partial charge in [0.1, 0.15) is 0 Å². The summed E-state index contributed by atoms with van der Waals surface area (Å²) < 4.78 is 0. The Morgan fingerprint density at radius 1 is 1.19 bits per heavy atom. The van der Waals surface area contributed by atoms with Crippen LogP contribution in [-0.2, 0) is 0 Å². The molecular formula is C12H23N3O. The van der Waals surface area contributed by atoms with Crippen LogP contribution in [0.2, 0.25) is 0 Å². The Labute approximate surface area is 97.6 Å². The number of nitrogens with two attached hydrogens (primary N) is 1. The Bertz CT molecular complexity index is 245. The quantitative estimate of drug-likeness (QED) is 0.747. The van der Waals surface area contributed by atoms with E-state index in [1.54, 1.807) is 0 Å². The highest BCUT2D eigenvalue weighted by molar-refractivity contribution is 5.74. The Morgan fingerprint density at radius 2 is 1.81 bits per heavy atom. The second-order valence-corrected chi connectivity index (χ2v) is 5.26. The van der Waals surface area contributed by atoms with Crippen LogP contribution in [0, 0.1) is 0 Å². The number of carbonyl (C=O) groups excluding carboxylic acids is 1. The molecule has 0 aliphatic heterocycles. The molecule has 0 unspecified atom stereocenters. The SMILES string of the molecule is CN(C(=O)NC1CCC1)C1CCC(N)CC1. The molecule has 0 aromatic carbocycles. The van der Waals surface area contributed by atoms with Crippen LogP contribution in [0.5, 0.6) is 0 Å². The first-order valence-corrected chi connectivity index (χ1v) is 6.45. The lowest BCUT2D eigenvalue weighted by Crippen LogP contribution is -2.50. The Balaban J connectivity index is 1.76. The summed E-state index contributed by atoms with van der Waals surface area (Å²) >= 11 is 0. The number of amides is 2. The van der Waals surface area contributed by atoms with Crippen LogP contribution in [0.4, 0.5) is 4.79 Å². The van der Waals surface area contributed by atoms with Gasteiger partial charge in [0.2, 0.25) is 0 Å². The molecule has 4 heteroatoms. The zero-order chi connectivity index (χ0) is 11.5. The number of rotatable bonds is 2. The third-order valence-electron chi connectivity index (χ3n) is 4.04. The number of nitrogens with one attached hydrogen (secondary N) is 1. The van der Waals surface area contributed by atoms with E-state index < -0.39 is 0 Å². The number of urea groups is 1. The van der Waals surface area contributed by atoms with Crippen molar-refractivity contribution in [3.8, 4) is 0 Å². The number of carbonyl (C=O) groups is 1. The molecule has 0 radical (unpaired) electrons. The Morgan fingerprint density at radius 3 is 2.31 bits per heavy atom. The van der Waals surface area contributed by atoms with E-state index in [1.807, 2.05) is 11.9 Å². The lowest BCUT2D eigenvalue weighted by Gasteiger charge is -2.35. The van der Waals surface area contributed by atoms with E-state index in [2.05, 4.69) is 5.32 Å². The van der Waals surface area contributed by atoms with Crippen molar-refractivity contribution in [2.24, 2.45) is 5.73 Å². The van der Waals surface area contributed by atoms with Crippen molar-refractivity contribution in [2.45, 2.75) is 63.1 Å². The van der Waals surface area contributed by atoms with Gasteiger partial charge in [-0.05, 0) is 44.9 Å². The molecule has 2 aliphatic carbocycles. The van der Waals surface area contributed by atoms with E-state index in [-0.39, 0.29) is 6.03 Å². The molecule has 2 fully saturated rings. The molecule has 0 heterocycles. The van der Waals surface area contributed by atoms with Crippen LogP contribution in [0.15, 0.2) is 0 Å². The van der Waals surface area contributed by atoms with E-state index in [1.165, 1.54) is 6.42 Å². The van der Waals surface area contributed by atoms with Crippen LogP contribution < -0.4 is 11.1 Å². The first-order valence-electron chi connectivity index (χ1n) is 6.45. The molecule has 92 valence electrons. The van der Waals surface area contributed by atoms with Crippen LogP contribution in [0.25, 0.3) is 0 Å². The van der Waals surface area contributed by atoms with Gasteiger partial charge in [-0.1, -0.05) is 0 Å². The van der Waals surface area contributed by atoms with Crippen LogP contribution in [0.3, 0.4) is 0 Å². The summed E-state index contributed by atoms with van der Waals surface area (Å²) in [7, 11) is 1.91. The predicted octanol–water partition coefficient (Wildman–Crippen LogP) is 1.45. The highest BCUT2D eigenvalue weighted by atomic mass is 16.2. The van der Waals surface area contributed by atoms with Crippen LogP contribution >= 0.6 is 0 Å². The van der Waals surface area contributed by atoms with Gasteiger partial charge in [-0.2, -0.15) is 0 Å². The van der Waals surface area contributed by atoms with Gasteiger partial charge in [0.15, 0.2) is 0 Å². The van der Waals surface area contributed by atoms with Gasteiger partial charge in [0.05, 0.1) is 0 Å². The zero-order valence-corrected chi connectivity index (χ0v) is 10.1. The third kappa shape index (κ3) is 2.67. The molecule has 0 bridgehead atoms. The summed E-state index contributed by atoms with van der Waals surface area (Å²) in [5, 5.41) is 3.08. The minimum Gasteiger partial charge on any atom is -0.335 e. The Kier molecular flexibility index (Phi) is 3.69. The standard InChI is InChI=1S/C12H23N3O/c1-15(11-7-5-9(13)6-8-11)12(16)14-10-3-2-4-10/h9-11H,2-8,13H2,1H3,(H,14,16). The molecule has 2 aliphatic rings. The first-order chi connectivity index (χ1) is 7.66. The molecule has 0 atom stereocenters. The molecule has 3 N–H and O–H groups in total. The molecule has 0 aromatic rings. The molecule has 2 saturated carbocycles. The van der Waals surface area contributed by atoms with E-state index in [0.29, 0.717) is 18.1 Å². The van der Waals surface area contributed by atoms with Crippen molar-refractivity contribution in [3.63, 3.8) is 0 Å². The molecule has 0 saturated heterocycles. The molecule has 16 heavy (non-hydrogen) atoms. The monoisotopic (exact) mass is 225 g/mol. The Hall–Kier alpha value is -0.770. The average molecular weight is 225 g/mol. The lowest BCUT2D eigenvalue weighted by atomic mass is 9.91. The van der Waals surface area contributed by atoms with Crippen molar-refractivity contribution < 1.29 is 4.79 Å². The molecule has 0 aromatic heterocycles. The lowest BCUT2D eigenvalue weighted by molar-refractivity contribution is 0.161. The van der Waals surface area contributed by atoms with E-state index in [0.717, 1.165) is 38.5 Å². The first kappa shape index (κ1) is 11.7. The largest absolute Gasteiger partial charge is 0.335 e. The molecular weight excluding hydrogens is 202 g/mol. The van der Waals surface area contributed by atoms with Gasteiger partial charge in [-0.3, -0.25) is 0 Å². The number of nitrogens with zero attached hydrogens (tertiary/aromatic N) is 1. The van der Waals surface area contributed by atoms with Crippen LogP contribution in [0.1, 0.15) is 44.9 Å². The summed E-state index contributed by atoms with van der Waals surface area (Å²) in [6.45, 7) is 0. The van der Waals surface area contributed by atoms with Gasteiger partial charge < -0.3 is 16.0 Å². The fraction of sp³-hybridized carbons (Fsp3) is 0.917. The van der Waals surface area contributed by atoms with Crippen molar-refractivity contribution >= 4 is 6.03 Å². The summed E-state index contributed by atoms with van der Waals surface area (Å²) in [5.74, 6) is 0. The summed E-state index contributed by atoms with van der Waals surface area (Å²) in [4.78, 5) is 13.8. The van der Waals surface area contributed by atoms with E-state index in [9.17, 15) is 4.79 Å². The minimum absolute atomic E-state index is 0.102. The maximum Gasteiger partial charge on any atom is 0.317 e. The topological polar surface area (TPSA) is 58.4 Å². The summed E-state index contributed by atoms with van der Waals surface area (Å²) in [6.07, 6.45) is 7.75. The highest BCUT2D eigenvalue weighted by Gasteiger charge is 2.27. The van der Waals surface area contributed by atoms with Crippen molar-refractivity contribution in [3.05, 3.63) is 0 Å². The molecule has 0 spiro atoms. The molecule has 2 amide bonds. The average Bonchev–Trinajstić information content (AvgIpc) is 2.23. The number of hydrogen-bond acceptors (Lipinski definition) is 2. The second kappa shape index (κ2) is 5.04. The van der Waals surface area contributed by atoms with Crippen LogP contribution in [-0.4, -0.2) is 36.1 Å². The fourth-order valence-corrected chi connectivity index (χ4v) is 2.48. The highest BCUT2D eigenvalue weighted by Crippen LogP contribution is 2.22. The second-order valence-electron chi connectivity index (χ2n) is 5.26. The van der Waals surface area contributed by atoms with Crippen molar-refractivity contribution in [1.82, 2.24) is 10.2 Å². The maximum absolute atomic E-state index is 11.9. The van der Waals surface area contributed by atoms with E-state index in [4.69, 9.17) is 5.73 Å². The minimum atomic E-state index is 0.102. The number of hydrogen-bond donors (Lipinski definition) is 2. The molecule has 4 nitrogen and oxygen atoms in total. The van der Waals surface area contributed by atoms with Gasteiger partial charge in [-0.25, -0.2) is 4.79 Å². The smallest absolute Gasteiger partial charge is 0.317 e. The zero-order valence-electron chi connectivity index (χ0n) is 10.1. The van der Waals surface area contributed by atoms with Gasteiger partial charge in [0, 0.05) is 25.2 Å². The molecule has 2 rings (SSSR count). The van der Waals surface area contributed by atoms with Gasteiger partial charge in [0.25, 0.3) is 0 Å².